The van der Waals surface area contributed by atoms with E-state index in [-0.39, 0.29) is 23.7 Å². The first-order valence-corrected chi connectivity index (χ1v) is 35.3. The van der Waals surface area contributed by atoms with Crippen molar-refractivity contribution in [3.8, 4) is 156 Å². The molecule has 0 aromatic heterocycles. The second kappa shape index (κ2) is 22.5. The highest BCUT2D eigenvalue weighted by Gasteiger charge is 2.50. The Bertz CT molecular complexity index is 5140. The van der Waals surface area contributed by atoms with Crippen molar-refractivity contribution >= 4 is 0 Å². The lowest BCUT2D eigenvalue weighted by Crippen LogP contribution is -2.36. The van der Waals surface area contributed by atoms with Gasteiger partial charge in [-0.1, -0.05) is 364 Å². The molecular formula is C100H64. The first kappa shape index (κ1) is 56.7. The van der Waals surface area contributed by atoms with Crippen LogP contribution in [0.25, 0.3) is 156 Å². The summed E-state index contributed by atoms with van der Waals surface area (Å²) in [6, 6.07) is 140. The molecule has 16 aromatic rings. The van der Waals surface area contributed by atoms with Crippen LogP contribution in [0, 0.1) is 0 Å². The van der Waals surface area contributed by atoms with Gasteiger partial charge in [-0.15, -0.1) is 0 Å². The van der Waals surface area contributed by atoms with E-state index in [0.717, 1.165) is 0 Å². The van der Waals surface area contributed by atoms with Crippen LogP contribution in [0.2, 0.25) is 0 Å². The summed E-state index contributed by atoms with van der Waals surface area (Å²) in [6.45, 7) is 0. The van der Waals surface area contributed by atoms with Crippen LogP contribution in [-0.4, -0.2) is 0 Å². The molecule has 0 heterocycles. The molecular weight excluding hydrogens is 1200 g/mol. The Hall–Kier alpha value is -12.5. The van der Waals surface area contributed by atoms with Gasteiger partial charge in [0.15, 0.2) is 0 Å². The van der Waals surface area contributed by atoms with Crippen molar-refractivity contribution in [2.45, 2.75) is 23.7 Å². The predicted molar refractivity (Wildman–Crippen MR) is 416 cm³/mol. The van der Waals surface area contributed by atoms with E-state index in [0.29, 0.717) is 0 Å². The third kappa shape index (κ3) is 9.36. The minimum absolute atomic E-state index is 0.0197. The topological polar surface area (TPSA) is 0 Å². The van der Waals surface area contributed by atoms with E-state index in [2.05, 4.69) is 364 Å². The fourth-order valence-electron chi connectivity index (χ4n) is 17.6. The monoisotopic (exact) mass is 1260 g/mol. The highest BCUT2D eigenvalue weighted by molar-refractivity contribution is 5.84. The van der Waals surface area contributed by atoms with Crippen molar-refractivity contribution in [2.24, 2.45) is 0 Å². The zero-order valence-electron chi connectivity index (χ0n) is 55.0. The molecule has 0 spiro atoms. The van der Waals surface area contributed by atoms with Crippen LogP contribution >= 0.6 is 0 Å². The van der Waals surface area contributed by atoms with Crippen molar-refractivity contribution in [1.82, 2.24) is 0 Å². The van der Waals surface area contributed by atoms with Gasteiger partial charge in [0.2, 0.25) is 0 Å². The molecule has 45 aliphatic rings. The van der Waals surface area contributed by atoms with Crippen molar-refractivity contribution in [3.63, 3.8) is 0 Å². The molecule has 464 valence electrons. The first-order chi connectivity index (χ1) is 49.5. The molecule has 16 aromatic carbocycles. The van der Waals surface area contributed by atoms with E-state index in [1.54, 1.807) is 0 Å². The standard InChI is InChI=1S/C100H64/c1-9-65-10-2-61(1)62-3-11-66(12-4-62)70-19-27-74(28-20-70)78-35-43-82(44-36-78)86-50-54-91-95(58-86)100-96-60-88-52-56-92(96)98(91)99-93-57-85(81-41-33-77(34-42-81)73-25-17-69(65)18-26-73)49-53-89(93)97(100)90-55-51-87(59-94(90)99)83-45-37-79(38-46-83)75-29-21-71(22-30-75)67-13-5-63(6-14-67)64-7-15-68(16-8-64)72-23-31-76(32-24-72)80-39-47-84(88)48-40-80/h1-60,97-100H. The summed E-state index contributed by atoms with van der Waals surface area (Å²) in [5.41, 5.74) is 45.5. The normalized spacial score (nSPS) is 15.6. The number of benzene rings is 16. The van der Waals surface area contributed by atoms with Gasteiger partial charge in [0.1, 0.15) is 0 Å². The minimum atomic E-state index is 0.0197. The zero-order chi connectivity index (χ0) is 65.5. The lowest BCUT2D eigenvalue weighted by molar-refractivity contribution is 0.530. The summed E-state index contributed by atoms with van der Waals surface area (Å²) in [7, 11) is 0. The summed E-state index contributed by atoms with van der Waals surface area (Å²) >= 11 is 0. The second-order valence-electron chi connectivity index (χ2n) is 28.2. The van der Waals surface area contributed by atoms with Crippen molar-refractivity contribution in [3.05, 3.63) is 408 Å². The molecule has 0 fully saturated rings. The molecule has 0 saturated carbocycles. The molecule has 61 rings (SSSR count). The summed E-state index contributed by atoms with van der Waals surface area (Å²) in [5, 5.41) is 0. The molecule has 0 atom stereocenters. The van der Waals surface area contributed by atoms with Crippen LogP contribution in [0.5, 0.6) is 0 Å². The van der Waals surface area contributed by atoms with Gasteiger partial charge in [-0.25, -0.2) is 0 Å². The van der Waals surface area contributed by atoms with Crippen molar-refractivity contribution in [2.75, 3.05) is 0 Å². The maximum atomic E-state index is 2.59. The first-order valence-electron chi connectivity index (χ1n) is 35.3. The molecule has 100 heavy (non-hydrogen) atoms. The smallest absolute Gasteiger partial charge is 0.0205 e. The highest BCUT2D eigenvalue weighted by Crippen LogP contribution is 2.65. The van der Waals surface area contributed by atoms with Crippen LogP contribution in [0.15, 0.2) is 364 Å². The number of hydrogen-bond acceptors (Lipinski definition) is 0. The van der Waals surface area contributed by atoms with Crippen molar-refractivity contribution in [1.29, 1.82) is 0 Å². The SMILES string of the molecule is c1cc2ccc1-c1ccc(cc1)-c1ccc(cc1)-c1ccc(cc1)-c1ccc3c(c1)C1c4cc5ccc4C3C3c4cc(ccc4C1c1ccc(cc13)-c1ccc(cc1)-c1ccc(cc1)-c1ccc(cc1)-c1ccc(cc1)-c1ccc(cc1)-c1ccc-5cc1)-c1ccc(cc1)-c1ccc-2cc1. The Morgan fingerprint density at radius 2 is 0.160 bits per heavy atom. The average Bonchev–Trinajstić information content (AvgIpc) is 0.683. The van der Waals surface area contributed by atoms with Gasteiger partial charge >= 0.3 is 0 Å². The lowest BCUT2D eigenvalue weighted by atomic mass is 9.52. The minimum Gasteiger partial charge on any atom is -0.0575 e. The molecule has 0 N–H and O–H groups in total. The molecule has 45 aliphatic carbocycles. The zero-order valence-corrected chi connectivity index (χ0v) is 55.0. The van der Waals surface area contributed by atoms with Gasteiger partial charge in [0.05, 0.1) is 0 Å². The number of rotatable bonds is 0. The molecule has 40 bridgehead atoms. The van der Waals surface area contributed by atoms with Gasteiger partial charge < -0.3 is 0 Å². The van der Waals surface area contributed by atoms with Gasteiger partial charge in [-0.2, -0.15) is 0 Å². The third-order valence-corrected chi connectivity index (χ3v) is 23.0. The third-order valence-electron chi connectivity index (χ3n) is 23.0. The largest absolute Gasteiger partial charge is 0.0575 e. The predicted octanol–water partition coefficient (Wildman–Crippen LogP) is 26.5. The average molecular weight is 1270 g/mol. The molecule has 0 saturated heterocycles. The number of hydrogen-bond donors (Lipinski definition) is 0. The maximum Gasteiger partial charge on any atom is 0.0205 e. The van der Waals surface area contributed by atoms with E-state index in [1.807, 2.05) is 0 Å². The molecule has 0 nitrogen and oxygen atoms in total. The Labute approximate surface area is 584 Å². The van der Waals surface area contributed by atoms with E-state index in [1.165, 1.54) is 200 Å². The van der Waals surface area contributed by atoms with E-state index in [9.17, 15) is 0 Å². The quantitative estimate of drug-likeness (QED) is 0.142. The Morgan fingerprint density at radius 1 is 0.0800 bits per heavy atom. The molecule has 0 unspecified atom stereocenters. The highest BCUT2D eigenvalue weighted by atomic mass is 14.5. The van der Waals surface area contributed by atoms with E-state index >= 15 is 0 Å². The molecule has 0 amide bonds. The summed E-state index contributed by atoms with van der Waals surface area (Å²) in [4.78, 5) is 0. The van der Waals surface area contributed by atoms with Crippen LogP contribution in [0.3, 0.4) is 0 Å². The van der Waals surface area contributed by atoms with Gasteiger partial charge in [0.25, 0.3) is 0 Å². The second-order valence-corrected chi connectivity index (χ2v) is 28.2. The molecule has 0 aliphatic heterocycles. The van der Waals surface area contributed by atoms with Crippen LogP contribution in [0.1, 0.15) is 68.2 Å². The van der Waals surface area contributed by atoms with Crippen LogP contribution in [-0.2, 0) is 0 Å². The Balaban J connectivity index is 0.736. The van der Waals surface area contributed by atoms with Crippen LogP contribution < -0.4 is 0 Å². The van der Waals surface area contributed by atoms with E-state index < -0.39 is 0 Å². The molecule has 0 radical (unpaired) electrons. The summed E-state index contributed by atoms with van der Waals surface area (Å²) in [5.74, 6) is 0.102. The fourth-order valence-corrected chi connectivity index (χ4v) is 17.6. The summed E-state index contributed by atoms with van der Waals surface area (Å²) < 4.78 is 0. The maximum absolute atomic E-state index is 2.59. The van der Waals surface area contributed by atoms with Gasteiger partial charge in [-0.05, 0) is 200 Å². The van der Waals surface area contributed by atoms with Crippen molar-refractivity contribution < 1.29 is 0 Å². The Kier molecular flexibility index (Phi) is 12.8. The van der Waals surface area contributed by atoms with Gasteiger partial charge in [0, 0.05) is 23.7 Å². The summed E-state index contributed by atoms with van der Waals surface area (Å²) in [6.07, 6.45) is 0. The van der Waals surface area contributed by atoms with Crippen LogP contribution in [0.4, 0.5) is 0 Å². The fraction of sp³-hybridized carbons (Fsp3) is 0.0400. The lowest BCUT2D eigenvalue weighted by Gasteiger charge is -2.50. The Morgan fingerprint density at radius 3 is 0.270 bits per heavy atom. The molecule has 0 heteroatoms. The van der Waals surface area contributed by atoms with Gasteiger partial charge in [-0.3, -0.25) is 0 Å². The van der Waals surface area contributed by atoms with E-state index in [4.69, 9.17) is 0 Å².